The molecular formula is C47H56Zr. The Morgan fingerprint density at radius 3 is 1.58 bits per heavy atom. The van der Waals surface area contributed by atoms with Gasteiger partial charge in [-0.1, -0.05) is 0 Å². The molecule has 48 heavy (non-hydrogen) atoms. The molecule has 0 saturated heterocycles. The summed E-state index contributed by atoms with van der Waals surface area (Å²) in [6.07, 6.45) is 11.4. The van der Waals surface area contributed by atoms with Crippen molar-refractivity contribution in [1.82, 2.24) is 0 Å². The first-order chi connectivity index (χ1) is 22.3. The van der Waals surface area contributed by atoms with E-state index in [1.807, 2.05) is 0 Å². The molecule has 0 nitrogen and oxygen atoms in total. The summed E-state index contributed by atoms with van der Waals surface area (Å²) in [7, 11) is 0. The second kappa shape index (κ2) is 11.2. The van der Waals surface area contributed by atoms with Crippen molar-refractivity contribution in [2.45, 2.75) is 111 Å². The van der Waals surface area contributed by atoms with Crippen LogP contribution < -0.4 is 0 Å². The Balaban J connectivity index is 1.60. The molecule has 4 aliphatic carbocycles. The average Bonchev–Trinajstić information content (AvgIpc) is 3.67. The van der Waals surface area contributed by atoms with Gasteiger partial charge in [-0.3, -0.25) is 0 Å². The summed E-state index contributed by atoms with van der Waals surface area (Å²) in [4.78, 5) is 0. The zero-order valence-corrected chi connectivity index (χ0v) is 34.3. The van der Waals surface area contributed by atoms with E-state index in [-0.39, 0.29) is 21.7 Å². The van der Waals surface area contributed by atoms with Gasteiger partial charge in [0.2, 0.25) is 0 Å². The minimum absolute atomic E-state index is 0.0104. The van der Waals surface area contributed by atoms with Gasteiger partial charge >= 0.3 is 301 Å². The molecule has 248 valence electrons. The SMILES string of the molecule is CC[C](c1ccccc1)=[Zr]([C]1=CC(C)=CC1C)[CH]1c2cc3c(cc2-c2cc4c(cc21)C(C)(C)C=C4C(C)(C)C)C(C(C)(C)C)=CC3(C)C. The van der Waals surface area contributed by atoms with E-state index < -0.39 is 21.3 Å². The Labute approximate surface area is 299 Å². The van der Waals surface area contributed by atoms with Gasteiger partial charge in [0.25, 0.3) is 0 Å². The van der Waals surface area contributed by atoms with Crippen LogP contribution in [0, 0.1) is 16.7 Å². The normalized spacial score (nSPS) is 21.1. The van der Waals surface area contributed by atoms with Crippen LogP contribution in [0.1, 0.15) is 139 Å². The molecule has 7 rings (SSSR count). The summed E-state index contributed by atoms with van der Waals surface area (Å²) < 4.78 is 3.96. The standard InChI is InChI=1S/C31H37.C9H10.C7H9.Zr/c1-28(2,3)26-16-30(7,8)24-12-18-11-19-13-25-23(15-21(19)20(18)14-22(24)26)27(29(4,5)6)17-31(25,9)10;1-2-6-9-7-4-3-5-8-9;1-6-3-4-7(2)5-6;/h11-17H,1-10H3;3-5,7-8H,2H2,1H3;3,5,7H,1-2H3;. The van der Waals surface area contributed by atoms with Crippen molar-refractivity contribution in [3.63, 3.8) is 0 Å². The zero-order valence-electron chi connectivity index (χ0n) is 31.9. The van der Waals surface area contributed by atoms with E-state index in [0.29, 0.717) is 9.54 Å². The Morgan fingerprint density at radius 2 is 1.19 bits per heavy atom. The van der Waals surface area contributed by atoms with Gasteiger partial charge in [0.05, 0.1) is 0 Å². The molecule has 0 amide bonds. The molecule has 4 aliphatic rings. The third kappa shape index (κ3) is 5.29. The van der Waals surface area contributed by atoms with Crippen LogP contribution in [0.5, 0.6) is 0 Å². The number of fused-ring (bicyclic) bond motifs is 5. The summed E-state index contributed by atoms with van der Waals surface area (Å²) in [5.41, 5.74) is 18.3. The molecule has 3 aromatic carbocycles. The van der Waals surface area contributed by atoms with Crippen LogP contribution in [-0.2, 0) is 32.1 Å². The van der Waals surface area contributed by atoms with Gasteiger partial charge in [0, 0.05) is 0 Å². The van der Waals surface area contributed by atoms with Gasteiger partial charge in [-0.2, -0.15) is 0 Å². The summed E-state index contributed by atoms with van der Waals surface area (Å²) >= 11 is -2.66. The summed E-state index contributed by atoms with van der Waals surface area (Å²) in [5.74, 6) is 0.497. The van der Waals surface area contributed by atoms with E-state index >= 15 is 0 Å². The topological polar surface area (TPSA) is 0 Å². The first-order valence-electron chi connectivity index (χ1n) is 18.4. The first-order valence-corrected chi connectivity index (χ1v) is 22.2. The molecule has 0 spiro atoms. The molecule has 0 radical (unpaired) electrons. The van der Waals surface area contributed by atoms with Crippen molar-refractivity contribution >= 4 is 14.4 Å². The van der Waals surface area contributed by atoms with E-state index in [0.717, 1.165) is 6.42 Å². The van der Waals surface area contributed by atoms with Crippen molar-refractivity contribution in [1.29, 1.82) is 0 Å². The van der Waals surface area contributed by atoms with E-state index in [4.69, 9.17) is 0 Å². The molecule has 0 fully saturated rings. The molecule has 1 unspecified atom stereocenters. The van der Waals surface area contributed by atoms with E-state index in [1.165, 1.54) is 55.7 Å². The van der Waals surface area contributed by atoms with Gasteiger partial charge < -0.3 is 0 Å². The third-order valence-corrected chi connectivity index (χ3v) is 20.8. The molecule has 3 aromatic rings. The summed E-state index contributed by atoms with van der Waals surface area (Å²) in [6.45, 7) is 31.3. The number of hydrogen-bond donors (Lipinski definition) is 0. The predicted molar refractivity (Wildman–Crippen MR) is 206 cm³/mol. The second-order valence-corrected chi connectivity index (χ2v) is 24.7. The fourth-order valence-electron chi connectivity index (χ4n) is 9.38. The Kier molecular flexibility index (Phi) is 7.89. The molecule has 0 aromatic heterocycles. The Bertz CT molecular complexity index is 1920. The maximum absolute atomic E-state index is 2.71. The molecule has 0 heterocycles. The van der Waals surface area contributed by atoms with E-state index in [9.17, 15) is 0 Å². The summed E-state index contributed by atoms with van der Waals surface area (Å²) in [6, 6.07) is 22.2. The average molecular weight is 712 g/mol. The van der Waals surface area contributed by atoms with Crippen molar-refractivity contribution < 1.29 is 21.3 Å². The van der Waals surface area contributed by atoms with E-state index in [2.05, 4.69) is 169 Å². The minimum atomic E-state index is -2.66. The third-order valence-electron chi connectivity index (χ3n) is 11.7. The van der Waals surface area contributed by atoms with Crippen LogP contribution in [0.25, 0.3) is 22.3 Å². The predicted octanol–water partition coefficient (Wildman–Crippen LogP) is 12.9. The van der Waals surface area contributed by atoms with Crippen LogP contribution in [0.2, 0.25) is 0 Å². The van der Waals surface area contributed by atoms with Crippen molar-refractivity contribution in [2.75, 3.05) is 0 Å². The van der Waals surface area contributed by atoms with Crippen LogP contribution in [0.3, 0.4) is 0 Å². The summed E-state index contributed by atoms with van der Waals surface area (Å²) in [5, 5.41) is 0. The van der Waals surface area contributed by atoms with Crippen LogP contribution >= 0.6 is 0 Å². The van der Waals surface area contributed by atoms with Gasteiger partial charge in [-0.05, 0) is 0 Å². The molecule has 0 aliphatic heterocycles. The van der Waals surface area contributed by atoms with Crippen LogP contribution in [0.15, 0.2) is 87.8 Å². The molecule has 0 N–H and O–H groups in total. The van der Waals surface area contributed by atoms with Gasteiger partial charge in [0.1, 0.15) is 0 Å². The van der Waals surface area contributed by atoms with Crippen LogP contribution in [0.4, 0.5) is 0 Å². The van der Waals surface area contributed by atoms with Crippen molar-refractivity contribution in [3.05, 3.63) is 127 Å². The molecule has 0 saturated carbocycles. The molecule has 1 heteroatoms. The van der Waals surface area contributed by atoms with Gasteiger partial charge in [-0.15, -0.1) is 0 Å². The van der Waals surface area contributed by atoms with Crippen molar-refractivity contribution in [2.24, 2.45) is 16.7 Å². The van der Waals surface area contributed by atoms with Crippen LogP contribution in [-0.4, -0.2) is 3.21 Å². The second-order valence-electron chi connectivity index (χ2n) is 18.4. The Morgan fingerprint density at radius 1 is 0.708 bits per heavy atom. The van der Waals surface area contributed by atoms with Gasteiger partial charge in [-0.25, -0.2) is 0 Å². The number of benzene rings is 3. The quantitative estimate of drug-likeness (QED) is 0.253. The van der Waals surface area contributed by atoms with Gasteiger partial charge in [0.15, 0.2) is 0 Å². The van der Waals surface area contributed by atoms with E-state index in [1.54, 1.807) is 17.6 Å². The number of hydrogen-bond acceptors (Lipinski definition) is 0. The molecule has 0 bridgehead atoms. The zero-order chi connectivity index (χ0) is 34.7. The first kappa shape index (κ1) is 33.9. The fraction of sp³-hybridized carbons (Fsp3) is 0.426. The van der Waals surface area contributed by atoms with Crippen molar-refractivity contribution in [3.8, 4) is 11.1 Å². The fourth-order valence-corrected chi connectivity index (χ4v) is 19.1. The number of rotatable bonds is 4. The monoisotopic (exact) mass is 710 g/mol. The Hall–Kier alpha value is -2.63. The molecule has 1 atom stereocenters. The maximum atomic E-state index is 2.71. The number of allylic oxidation sites excluding steroid dienone is 8. The molecular weight excluding hydrogens is 656 g/mol.